The highest BCUT2D eigenvalue weighted by Gasteiger charge is 2.22. The zero-order chi connectivity index (χ0) is 26.1. The highest BCUT2D eigenvalue weighted by Crippen LogP contribution is 2.26. The third-order valence-electron chi connectivity index (χ3n) is 4.52. The number of carbonyl (C=O) groups excluding carboxylic acids is 4. The van der Waals surface area contributed by atoms with E-state index >= 15 is 0 Å². The van der Waals surface area contributed by atoms with Crippen molar-refractivity contribution in [2.75, 3.05) is 20.3 Å². The zero-order valence-corrected chi connectivity index (χ0v) is 20.1. The molecule has 0 aliphatic rings. The summed E-state index contributed by atoms with van der Waals surface area (Å²) in [5, 5.41) is 16.6. The summed E-state index contributed by atoms with van der Waals surface area (Å²) in [7, 11) is 1.09. The molecule has 0 aliphatic heterocycles. The van der Waals surface area contributed by atoms with E-state index in [0.717, 1.165) is 25.3 Å². The maximum atomic E-state index is 12.5. The minimum Gasteiger partial charge on any atom is -0.466 e. The van der Waals surface area contributed by atoms with Gasteiger partial charge in [0.1, 0.15) is 0 Å². The van der Waals surface area contributed by atoms with E-state index in [1.807, 2.05) is 0 Å². The summed E-state index contributed by atoms with van der Waals surface area (Å²) in [4.78, 5) is 59.2. The van der Waals surface area contributed by atoms with Gasteiger partial charge >= 0.3 is 11.9 Å². The van der Waals surface area contributed by atoms with Crippen molar-refractivity contribution in [1.82, 2.24) is 10.6 Å². The average Bonchev–Trinajstić information content (AvgIpc) is 2.80. The number of ether oxygens (including phenoxy) is 2. The molecule has 11 nitrogen and oxygen atoms in total. The molecule has 2 aromatic rings. The summed E-state index contributed by atoms with van der Waals surface area (Å²) in [5.41, 5.74) is -0.493. The second-order valence-electron chi connectivity index (χ2n) is 7.03. The Morgan fingerprint density at radius 1 is 1.06 bits per heavy atom. The highest BCUT2D eigenvalue weighted by molar-refractivity contribution is 6.34. The van der Waals surface area contributed by atoms with Crippen molar-refractivity contribution >= 4 is 52.6 Å². The first-order chi connectivity index (χ1) is 16.5. The number of non-ortho nitro benzene ring substituents is 1. The molecule has 0 radical (unpaired) electrons. The van der Waals surface area contributed by atoms with E-state index < -0.39 is 47.0 Å². The van der Waals surface area contributed by atoms with Crippen LogP contribution in [-0.4, -0.2) is 48.9 Å². The molecule has 0 heterocycles. The summed E-state index contributed by atoms with van der Waals surface area (Å²) in [5.74, 6) is -2.98. The Bertz CT molecular complexity index is 1150. The van der Waals surface area contributed by atoms with Gasteiger partial charge in [0, 0.05) is 30.6 Å². The smallest absolute Gasteiger partial charge is 0.338 e. The lowest BCUT2D eigenvalue weighted by molar-refractivity contribution is -0.384. The van der Waals surface area contributed by atoms with E-state index in [2.05, 4.69) is 15.4 Å². The number of methoxy groups -OCH3 is 1. The number of rotatable bonds is 10. The Morgan fingerprint density at radius 2 is 1.69 bits per heavy atom. The molecule has 2 rings (SSSR count). The zero-order valence-electron chi connectivity index (χ0n) is 18.6. The van der Waals surface area contributed by atoms with Crippen LogP contribution in [0.5, 0.6) is 0 Å². The number of hydrogen-bond acceptors (Lipinski definition) is 8. The lowest BCUT2D eigenvalue weighted by Crippen LogP contribution is -2.39. The Hall–Kier alpha value is -3.70. The van der Waals surface area contributed by atoms with Gasteiger partial charge in [0.25, 0.3) is 11.6 Å². The number of carbonyl (C=O) groups is 4. The third kappa shape index (κ3) is 8.23. The van der Waals surface area contributed by atoms with E-state index in [-0.39, 0.29) is 37.1 Å². The monoisotopic (exact) mass is 529 g/mol. The molecule has 2 N–H and O–H groups in total. The molecule has 0 fully saturated rings. The van der Waals surface area contributed by atoms with Crippen LogP contribution in [0.4, 0.5) is 5.69 Å². The van der Waals surface area contributed by atoms with Crippen molar-refractivity contribution in [3.8, 4) is 0 Å². The summed E-state index contributed by atoms with van der Waals surface area (Å²) in [6.07, 6.45) is -0.225. The molecule has 0 aliphatic carbocycles. The minimum atomic E-state index is -0.873. The van der Waals surface area contributed by atoms with Gasteiger partial charge in [-0.25, -0.2) is 4.79 Å². The molecule has 13 heteroatoms. The fourth-order valence-corrected chi connectivity index (χ4v) is 3.55. The summed E-state index contributed by atoms with van der Waals surface area (Å²) in [6.45, 7) is 1.24. The van der Waals surface area contributed by atoms with Crippen LogP contribution in [-0.2, 0) is 19.1 Å². The van der Waals surface area contributed by atoms with E-state index in [0.29, 0.717) is 5.56 Å². The Kier molecular flexibility index (Phi) is 9.98. The predicted octanol–water partition coefficient (Wildman–Crippen LogP) is 3.72. The number of amides is 2. The number of benzene rings is 2. The second kappa shape index (κ2) is 12.7. The lowest BCUT2D eigenvalue weighted by atomic mass is 10.0. The molecule has 1 atom stereocenters. The number of nitro groups is 1. The van der Waals surface area contributed by atoms with Crippen LogP contribution in [0.1, 0.15) is 48.5 Å². The van der Waals surface area contributed by atoms with Gasteiger partial charge in [-0.15, -0.1) is 0 Å². The number of halogens is 2. The standard InChI is InChI=1S/C22H21Cl2N3O8.2H2/c1-3-35-20(29)10-18(12-5-15(23)9-16(24)6-12)26-19(28)11-25-21(30)13-4-14(22(31)34-2)8-17(7-13)27(32)33;;/h4-9,18H,3,10-11H2,1-2H3,(H,25,30)(H,26,28);2*1H. The summed E-state index contributed by atoms with van der Waals surface area (Å²) in [6, 6.07) is 6.68. The minimum absolute atomic E-state index is 0. The van der Waals surface area contributed by atoms with Crippen molar-refractivity contribution in [2.45, 2.75) is 19.4 Å². The van der Waals surface area contributed by atoms with Crippen molar-refractivity contribution in [3.63, 3.8) is 0 Å². The number of nitro benzene ring substituents is 1. The molecule has 2 aromatic carbocycles. The van der Waals surface area contributed by atoms with Gasteiger partial charge in [0.2, 0.25) is 5.91 Å². The van der Waals surface area contributed by atoms with Gasteiger partial charge in [0.05, 0.1) is 43.2 Å². The molecule has 190 valence electrons. The van der Waals surface area contributed by atoms with Crippen LogP contribution in [0.3, 0.4) is 0 Å². The van der Waals surface area contributed by atoms with Gasteiger partial charge in [-0.2, -0.15) is 0 Å². The summed E-state index contributed by atoms with van der Waals surface area (Å²) >= 11 is 12.1. The van der Waals surface area contributed by atoms with Gasteiger partial charge in [-0.1, -0.05) is 23.2 Å². The molecular weight excluding hydrogens is 505 g/mol. The first-order valence-electron chi connectivity index (χ1n) is 10.1. The molecule has 35 heavy (non-hydrogen) atoms. The SMILES string of the molecule is CCOC(=O)CC(NC(=O)CNC(=O)c1cc(C(=O)OC)cc([N+](=O)[O-])c1)c1cc(Cl)cc(Cl)c1.[HH].[HH]. The van der Waals surface area contributed by atoms with Gasteiger partial charge in [-0.3, -0.25) is 24.5 Å². The van der Waals surface area contributed by atoms with Crippen molar-refractivity contribution in [3.05, 3.63) is 73.2 Å². The van der Waals surface area contributed by atoms with Crippen LogP contribution in [0.25, 0.3) is 0 Å². The molecule has 2 amide bonds. The van der Waals surface area contributed by atoms with Crippen molar-refractivity contribution in [2.24, 2.45) is 0 Å². The first kappa shape index (κ1) is 27.5. The van der Waals surface area contributed by atoms with Crippen LogP contribution in [0.15, 0.2) is 36.4 Å². The van der Waals surface area contributed by atoms with Gasteiger partial charge < -0.3 is 20.1 Å². The van der Waals surface area contributed by atoms with E-state index in [9.17, 15) is 29.3 Å². The molecular formula is C22H25Cl2N3O8. The fourth-order valence-electron chi connectivity index (χ4n) is 3.01. The van der Waals surface area contributed by atoms with Crippen LogP contribution in [0, 0.1) is 10.1 Å². The van der Waals surface area contributed by atoms with E-state index in [1.165, 1.54) is 18.2 Å². The number of esters is 2. The predicted molar refractivity (Wildman–Crippen MR) is 130 cm³/mol. The highest BCUT2D eigenvalue weighted by atomic mass is 35.5. The van der Waals surface area contributed by atoms with Gasteiger partial charge in [-0.05, 0) is 36.8 Å². The molecule has 1 unspecified atom stereocenters. The van der Waals surface area contributed by atoms with E-state index in [1.54, 1.807) is 6.92 Å². The van der Waals surface area contributed by atoms with E-state index in [4.69, 9.17) is 27.9 Å². The quantitative estimate of drug-likeness (QED) is 0.268. The maximum absolute atomic E-state index is 12.5. The van der Waals surface area contributed by atoms with Crippen LogP contribution in [0.2, 0.25) is 10.0 Å². The topological polar surface area (TPSA) is 154 Å². The second-order valence-corrected chi connectivity index (χ2v) is 7.90. The Morgan fingerprint density at radius 3 is 2.26 bits per heavy atom. The first-order valence-corrected chi connectivity index (χ1v) is 10.9. The Balaban J connectivity index is 0.00000648. The maximum Gasteiger partial charge on any atom is 0.338 e. The van der Waals surface area contributed by atoms with Crippen molar-refractivity contribution in [1.29, 1.82) is 0 Å². The fraction of sp³-hybridized carbons (Fsp3) is 0.273. The summed E-state index contributed by atoms with van der Waals surface area (Å²) < 4.78 is 9.48. The van der Waals surface area contributed by atoms with Crippen LogP contribution >= 0.6 is 23.2 Å². The number of nitrogens with zero attached hydrogens (tertiary/aromatic N) is 1. The number of hydrogen-bond donors (Lipinski definition) is 2. The largest absolute Gasteiger partial charge is 0.466 e. The lowest BCUT2D eigenvalue weighted by Gasteiger charge is -2.19. The molecule has 0 bridgehead atoms. The molecule has 0 saturated heterocycles. The molecule has 0 spiro atoms. The average molecular weight is 530 g/mol. The number of nitrogens with one attached hydrogen (secondary N) is 2. The van der Waals surface area contributed by atoms with Gasteiger partial charge in [0.15, 0.2) is 0 Å². The molecule has 0 saturated carbocycles. The molecule has 0 aromatic heterocycles. The normalized spacial score (nSPS) is 11.2. The van der Waals surface area contributed by atoms with Crippen LogP contribution < -0.4 is 10.6 Å². The Labute approximate surface area is 212 Å². The third-order valence-corrected chi connectivity index (χ3v) is 4.96. The van der Waals surface area contributed by atoms with Crippen molar-refractivity contribution < 1.29 is 36.4 Å².